The number of furan rings is 1. The molecule has 136 valence electrons. The van der Waals surface area contributed by atoms with Gasteiger partial charge < -0.3 is 15.1 Å². The molecule has 1 amide bonds. The number of nitrogens with one attached hydrogen (secondary N) is 2. The topological polar surface area (TPSA) is 89.2 Å². The van der Waals surface area contributed by atoms with Crippen LogP contribution in [0, 0.1) is 5.92 Å². The van der Waals surface area contributed by atoms with Crippen LogP contribution >= 0.6 is 0 Å². The summed E-state index contributed by atoms with van der Waals surface area (Å²) in [4.78, 5) is 29.1. The molecule has 0 spiro atoms. The molecule has 0 bridgehead atoms. The van der Waals surface area contributed by atoms with Gasteiger partial charge in [-0.25, -0.2) is 4.98 Å². The number of para-hydroxylation sites is 1. The van der Waals surface area contributed by atoms with Gasteiger partial charge in [-0.1, -0.05) is 12.1 Å². The standard InChI is InChI=1S/C19H22N4O3/c24-16(21-9-7-13-4-3-8-20-10-13)11-23-12-22-17-14-5-1-2-6-15(14)26-18(17)19(23)25/h1-2,5-6,12-13,20H,3-4,7-11H2,(H,21,24). The average molecular weight is 354 g/mol. The van der Waals surface area contributed by atoms with Crippen LogP contribution in [0.3, 0.4) is 0 Å². The molecule has 1 aliphatic heterocycles. The molecule has 0 radical (unpaired) electrons. The van der Waals surface area contributed by atoms with Crippen molar-refractivity contribution in [3.05, 3.63) is 40.9 Å². The van der Waals surface area contributed by atoms with Crippen molar-refractivity contribution in [2.45, 2.75) is 25.8 Å². The Morgan fingerprint density at radius 1 is 1.38 bits per heavy atom. The minimum absolute atomic E-state index is 0.0538. The molecule has 7 nitrogen and oxygen atoms in total. The summed E-state index contributed by atoms with van der Waals surface area (Å²) in [7, 11) is 0. The van der Waals surface area contributed by atoms with Crippen molar-refractivity contribution in [1.82, 2.24) is 20.2 Å². The lowest BCUT2D eigenvalue weighted by molar-refractivity contribution is -0.121. The zero-order chi connectivity index (χ0) is 17.9. The molecule has 7 heteroatoms. The monoisotopic (exact) mass is 354 g/mol. The number of hydrogen-bond acceptors (Lipinski definition) is 5. The van der Waals surface area contributed by atoms with E-state index in [2.05, 4.69) is 15.6 Å². The maximum Gasteiger partial charge on any atom is 0.297 e. The van der Waals surface area contributed by atoms with Crippen LogP contribution in [0.25, 0.3) is 22.1 Å². The van der Waals surface area contributed by atoms with Crippen molar-refractivity contribution in [1.29, 1.82) is 0 Å². The summed E-state index contributed by atoms with van der Waals surface area (Å²) in [6.45, 7) is 2.67. The highest BCUT2D eigenvalue weighted by atomic mass is 16.3. The first-order chi connectivity index (χ1) is 12.7. The number of hydrogen-bond donors (Lipinski definition) is 2. The average Bonchev–Trinajstić information content (AvgIpc) is 3.04. The van der Waals surface area contributed by atoms with Crippen molar-refractivity contribution < 1.29 is 9.21 Å². The zero-order valence-electron chi connectivity index (χ0n) is 14.5. The molecule has 3 aromatic rings. The summed E-state index contributed by atoms with van der Waals surface area (Å²) < 4.78 is 6.93. The number of carbonyl (C=O) groups excluding carboxylic acids is 1. The van der Waals surface area contributed by atoms with Gasteiger partial charge >= 0.3 is 0 Å². The van der Waals surface area contributed by atoms with E-state index in [1.54, 1.807) is 6.07 Å². The zero-order valence-corrected chi connectivity index (χ0v) is 14.5. The van der Waals surface area contributed by atoms with Crippen LogP contribution in [-0.4, -0.2) is 35.1 Å². The molecule has 1 atom stereocenters. The van der Waals surface area contributed by atoms with Gasteiger partial charge in [0.25, 0.3) is 5.56 Å². The van der Waals surface area contributed by atoms with E-state index in [4.69, 9.17) is 4.42 Å². The van der Waals surface area contributed by atoms with E-state index in [1.165, 1.54) is 23.7 Å². The predicted molar refractivity (Wildman–Crippen MR) is 99.0 cm³/mol. The number of rotatable bonds is 5. The van der Waals surface area contributed by atoms with E-state index < -0.39 is 0 Å². The van der Waals surface area contributed by atoms with Crippen molar-refractivity contribution in [3.63, 3.8) is 0 Å². The van der Waals surface area contributed by atoms with Crippen LogP contribution in [0.5, 0.6) is 0 Å². The van der Waals surface area contributed by atoms with Crippen LogP contribution in [0.15, 0.2) is 39.8 Å². The highest BCUT2D eigenvalue weighted by Gasteiger charge is 2.15. The Morgan fingerprint density at radius 3 is 3.12 bits per heavy atom. The van der Waals surface area contributed by atoms with E-state index in [-0.39, 0.29) is 23.6 Å². The summed E-state index contributed by atoms with van der Waals surface area (Å²) in [6.07, 6.45) is 4.76. The van der Waals surface area contributed by atoms with Gasteiger partial charge in [-0.05, 0) is 50.4 Å². The first-order valence-electron chi connectivity index (χ1n) is 9.06. The second-order valence-corrected chi connectivity index (χ2v) is 6.80. The molecule has 1 saturated heterocycles. The Balaban J connectivity index is 1.43. The van der Waals surface area contributed by atoms with Gasteiger partial charge in [0, 0.05) is 11.9 Å². The number of nitrogens with zero attached hydrogens (tertiary/aromatic N) is 2. The van der Waals surface area contributed by atoms with Crippen LogP contribution in [0.1, 0.15) is 19.3 Å². The first kappa shape index (κ1) is 16.8. The predicted octanol–water partition coefficient (Wildman–Crippen LogP) is 1.65. The van der Waals surface area contributed by atoms with E-state index >= 15 is 0 Å². The molecule has 1 unspecified atom stereocenters. The SMILES string of the molecule is O=C(Cn1cnc2c(oc3ccccc32)c1=O)NCCC1CCCNC1. The van der Waals surface area contributed by atoms with E-state index in [1.807, 2.05) is 18.2 Å². The minimum Gasteiger partial charge on any atom is -0.448 e. The number of aromatic nitrogens is 2. The molecular weight excluding hydrogens is 332 g/mol. The van der Waals surface area contributed by atoms with Gasteiger partial charge in [-0.2, -0.15) is 0 Å². The van der Waals surface area contributed by atoms with Crippen molar-refractivity contribution in [3.8, 4) is 0 Å². The van der Waals surface area contributed by atoms with Crippen LogP contribution < -0.4 is 16.2 Å². The third kappa shape index (κ3) is 3.35. The van der Waals surface area contributed by atoms with Crippen LogP contribution in [0.4, 0.5) is 0 Å². The Bertz CT molecular complexity index is 985. The van der Waals surface area contributed by atoms with Gasteiger partial charge in [-0.15, -0.1) is 0 Å². The van der Waals surface area contributed by atoms with E-state index in [9.17, 15) is 9.59 Å². The quantitative estimate of drug-likeness (QED) is 0.727. The van der Waals surface area contributed by atoms with Crippen molar-refractivity contribution in [2.75, 3.05) is 19.6 Å². The Labute approximate surface area is 150 Å². The summed E-state index contributed by atoms with van der Waals surface area (Å²) in [5.41, 5.74) is 1.01. The highest BCUT2D eigenvalue weighted by Crippen LogP contribution is 2.23. The molecule has 4 rings (SSSR count). The van der Waals surface area contributed by atoms with Crippen LogP contribution in [-0.2, 0) is 11.3 Å². The lowest BCUT2D eigenvalue weighted by atomic mass is 9.96. The van der Waals surface area contributed by atoms with Gasteiger partial charge in [0.05, 0.1) is 6.33 Å². The Hall–Kier alpha value is -2.67. The number of amides is 1. The summed E-state index contributed by atoms with van der Waals surface area (Å²) >= 11 is 0. The fourth-order valence-electron chi connectivity index (χ4n) is 3.52. The number of piperidine rings is 1. The number of fused-ring (bicyclic) bond motifs is 3. The molecule has 0 aliphatic carbocycles. The molecule has 1 fully saturated rings. The maximum atomic E-state index is 12.6. The molecule has 2 N–H and O–H groups in total. The highest BCUT2D eigenvalue weighted by molar-refractivity contribution is 6.01. The van der Waals surface area contributed by atoms with Crippen molar-refractivity contribution in [2.24, 2.45) is 5.92 Å². The van der Waals surface area contributed by atoms with E-state index in [0.717, 1.165) is 24.9 Å². The Kier molecular flexibility index (Phi) is 4.71. The Morgan fingerprint density at radius 2 is 2.27 bits per heavy atom. The summed E-state index contributed by atoms with van der Waals surface area (Å²) in [6, 6.07) is 7.39. The fraction of sp³-hybridized carbons (Fsp3) is 0.421. The summed E-state index contributed by atoms with van der Waals surface area (Å²) in [5, 5.41) is 7.07. The van der Waals surface area contributed by atoms with Crippen LogP contribution in [0.2, 0.25) is 0 Å². The maximum absolute atomic E-state index is 12.6. The lowest BCUT2D eigenvalue weighted by Crippen LogP contribution is -2.35. The van der Waals surface area contributed by atoms with E-state index in [0.29, 0.717) is 23.6 Å². The molecular formula is C19H22N4O3. The normalized spacial score (nSPS) is 17.6. The van der Waals surface area contributed by atoms with Crippen molar-refractivity contribution >= 4 is 28.0 Å². The summed E-state index contributed by atoms with van der Waals surface area (Å²) in [5.74, 6) is 0.425. The minimum atomic E-state index is -0.335. The molecule has 1 aromatic carbocycles. The van der Waals surface area contributed by atoms with Gasteiger partial charge in [-0.3, -0.25) is 14.2 Å². The second-order valence-electron chi connectivity index (χ2n) is 6.80. The first-order valence-corrected chi connectivity index (χ1v) is 9.06. The fourth-order valence-corrected chi connectivity index (χ4v) is 3.52. The molecule has 26 heavy (non-hydrogen) atoms. The molecule has 3 heterocycles. The van der Waals surface area contributed by atoms with Gasteiger partial charge in [0.1, 0.15) is 17.6 Å². The smallest absolute Gasteiger partial charge is 0.297 e. The number of benzene rings is 1. The lowest BCUT2D eigenvalue weighted by Gasteiger charge is -2.22. The molecule has 2 aromatic heterocycles. The third-order valence-electron chi connectivity index (χ3n) is 4.94. The van der Waals surface area contributed by atoms with Gasteiger partial charge in [0.15, 0.2) is 0 Å². The molecule has 0 saturated carbocycles. The largest absolute Gasteiger partial charge is 0.448 e. The number of carbonyl (C=O) groups is 1. The second kappa shape index (κ2) is 7.29. The van der Waals surface area contributed by atoms with Gasteiger partial charge in [0.2, 0.25) is 11.5 Å². The molecule has 1 aliphatic rings. The third-order valence-corrected chi connectivity index (χ3v) is 4.94.